The van der Waals surface area contributed by atoms with E-state index in [0.29, 0.717) is 23.1 Å². The van der Waals surface area contributed by atoms with Gasteiger partial charge in [0.2, 0.25) is 0 Å². The Labute approximate surface area is 96.0 Å². The lowest BCUT2D eigenvalue weighted by Crippen LogP contribution is -2.32. The summed E-state index contributed by atoms with van der Waals surface area (Å²) in [7, 11) is 0. The predicted octanol–water partition coefficient (Wildman–Crippen LogP) is 3.40. The molecule has 0 radical (unpaired) electrons. The fourth-order valence-electron chi connectivity index (χ4n) is 1.59. The molecule has 1 unspecified atom stereocenters. The summed E-state index contributed by atoms with van der Waals surface area (Å²) in [6, 6.07) is 5.05. The Kier molecular flexibility index (Phi) is 2.92. The molecule has 5 heteroatoms. The van der Waals surface area contributed by atoms with Gasteiger partial charge in [0.05, 0.1) is 6.61 Å². The van der Waals surface area contributed by atoms with Gasteiger partial charge in [-0.3, -0.25) is 0 Å². The molecule has 2 rings (SSSR count). The Balaban J connectivity index is 2.29. The molecule has 1 saturated heterocycles. The third-order valence-corrected chi connectivity index (χ3v) is 3.52. The molecule has 1 aromatic carbocycles. The molecule has 0 spiro atoms. The van der Waals surface area contributed by atoms with Gasteiger partial charge in [0.15, 0.2) is 5.60 Å². The van der Waals surface area contributed by atoms with Crippen LogP contribution in [0.5, 0.6) is 0 Å². The predicted molar refractivity (Wildman–Crippen MR) is 57.1 cm³/mol. The van der Waals surface area contributed by atoms with Crippen molar-refractivity contribution in [2.24, 2.45) is 0 Å². The van der Waals surface area contributed by atoms with Crippen LogP contribution in [0.3, 0.4) is 0 Å². The summed E-state index contributed by atoms with van der Waals surface area (Å²) in [5.41, 5.74) is -1.22. The van der Waals surface area contributed by atoms with Gasteiger partial charge in [-0.2, -0.15) is 8.78 Å². The second-order valence-electron chi connectivity index (χ2n) is 3.57. The molecular weight excluding hydrogens is 237 g/mol. The lowest BCUT2D eigenvalue weighted by molar-refractivity contribution is 0.00963. The van der Waals surface area contributed by atoms with E-state index in [0.717, 1.165) is 0 Å². The van der Waals surface area contributed by atoms with Crippen LogP contribution in [-0.4, -0.2) is 17.6 Å². The molecule has 1 nitrogen and oxygen atoms in total. The maximum atomic E-state index is 13.8. The first kappa shape index (κ1) is 11.8. The highest BCUT2D eigenvalue weighted by molar-refractivity contribution is 8.00. The van der Waals surface area contributed by atoms with Gasteiger partial charge < -0.3 is 4.74 Å². The molecule has 1 fully saturated rings. The van der Waals surface area contributed by atoms with E-state index in [2.05, 4.69) is 0 Å². The maximum absolute atomic E-state index is 13.8. The molecule has 1 aliphatic rings. The van der Waals surface area contributed by atoms with Crippen molar-refractivity contribution >= 4 is 11.8 Å². The maximum Gasteiger partial charge on any atom is 0.328 e. The van der Waals surface area contributed by atoms with E-state index in [-0.39, 0.29) is 6.61 Å². The third-order valence-electron chi connectivity index (χ3n) is 2.54. The number of thioether (sulfide) groups is 1. The Hall–Kier alpha value is -0.680. The highest BCUT2D eigenvalue weighted by Gasteiger charge is 2.65. The number of hydrogen-bond acceptors (Lipinski definition) is 2. The number of rotatable bonds is 4. The second-order valence-corrected chi connectivity index (χ2v) is 4.95. The molecule has 0 N–H and O–H groups in total. The highest BCUT2D eigenvalue weighted by atomic mass is 32.2. The number of hydrogen-bond donors (Lipinski definition) is 0. The van der Waals surface area contributed by atoms with Gasteiger partial charge in [-0.1, -0.05) is 30.8 Å². The topological polar surface area (TPSA) is 12.5 Å². The van der Waals surface area contributed by atoms with Crippen molar-refractivity contribution in [1.29, 1.82) is 0 Å². The smallest absolute Gasteiger partial charge is 0.328 e. The minimum atomic E-state index is -2.97. The first-order valence-corrected chi connectivity index (χ1v) is 5.92. The van der Waals surface area contributed by atoms with E-state index in [4.69, 9.17) is 4.74 Å². The van der Waals surface area contributed by atoms with Gasteiger partial charge in [0, 0.05) is 0 Å². The highest BCUT2D eigenvalue weighted by Crippen LogP contribution is 2.55. The SMILES string of the molecule is CCSC(F)(F)C1(c2ccc(F)cc2)CO1. The van der Waals surface area contributed by atoms with Crippen LogP contribution < -0.4 is 0 Å². The second kappa shape index (κ2) is 3.96. The number of benzene rings is 1. The minimum Gasteiger partial charge on any atom is -0.357 e. The zero-order valence-electron chi connectivity index (χ0n) is 8.67. The minimum absolute atomic E-state index is 0.0152. The largest absolute Gasteiger partial charge is 0.357 e. The van der Waals surface area contributed by atoms with E-state index < -0.39 is 16.7 Å². The van der Waals surface area contributed by atoms with Gasteiger partial charge in [0.25, 0.3) is 0 Å². The fourth-order valence-corrected chi connectivity index (χ4v) is 2.42. The van der Waals surface area contributed by atoms with Gasteiger partial charge in [-0.05, 0) is 23.4 Å². The van der Waals surface area contributed by atoms with Gasteiger partial charge >= 0.3 is 5.25 Å². The monoisotopic (exact) mass is 248 g/mol. The van der Waals surface area contributed by atoms with Crippen molar-refractivity contribution in [2.45, 2.75) is 17.8 Å². The molecule has 0 aliphatic carbocycles. The molecule has 0 saturated carbocycles. The van der Waals surface area contributed by atoms with Crippen molar-refractivity contribution < 1.29 is 17.9 Å². The van der Waals surface area contributed by atoms with E-state index in [1.165, 1.54) is 24.3 Å². The Morgan fingerprint density at radius 1 is 1.38 bits per heavy atom. The van der Waals surface area contributed by atoms with Crippen LogP contribution in [0.1, 0.15) is 12.5 Å². The summed E-state index contributed by atoms with van der Waals surface area (Å²) in [5, 5.41) is -2.97. The average Bonchev–Trinajstić information content (AvgIpc) is 3.00. The molecule has 16 heavy (non-hydrogen) atoms. The van der Waals surface area contributed by atoms with Crippen molar-refractivity contribution in [3.63, 3.8) is 0 Å². The third kappa shape index (κ3) is 1.82. The lowest BCUT2D eigenvalue weighted by Gasteiger charge is -2.22. The Bertz CT molecular complexity index is 373. The van der Waals surface area contributed by atoms with E-state index in [9.17, 15) is 13.2 Å². The van der Waals surface area contributed by atoms with Crippen molar-refractivity contribution in [2.75, 3.05) is 12.4 Å². The molecule has 88 valence electrons. The van der Waals surface area contributed by atoms with E-state index in [1.807, 2.05) is 0 Å². The summed E-state index contributed by atoms with van der Waals surface area (Å²) in [6.45, 7) is 1.65. The van der Waals surface area contributed by atoms with E-state index >= 15 is 0 Å². The first-order chi connectivity index (χ1) is 7.52. The molecule has 1 atom stereocenters. The summed E-state index contributed by atoms with van der Waals surface area (Å²) in [6.07, 6.45) is 0. The first-order valence-electron chi connectivity index (χ1n) is 4.93. The van der Waals surface area contributed by atoms with E-state index in [1.54, 1.807) is 6.92 Å². The quantitative estimate of drug-likeness (QED) is 0.757. The normalized spacial score (nSPS) is 24.5. The summed E-state index contributed by atoms with van der Waals surface area (Å²) in [5.74, 6) is -0.134. The molecule has 0 aromatic heterocycles. The zero-order chi connectivity index (χ0) is 11.8. The number of epoxide rings is 1. The van der Waals surface area contributed by atoms with Crippen LogP contribution in [0.2, 0.25) is 0 Å². The van der Waals surface area contributed by atoms with Gasteiger partial charge in [0.1, 0.15) is 5.82 Å². The van der Waals surface area contributed by atoms with Crippen LogP contribution in [0.4, 0.5) is 13.2 Å². The van der Waals surface area contributed by atoms with Crippen LogP contribution >= 0.6 is 11.8 Å². The van der Waals surface area contributed by atoms with Gasteiger partial charge in [-0.15, -0.1) is 0 Å². The molecule has 1 aromatic rings. The summed E-state index contributed by atoms with van der Waals surface area (Å²) >= 11 is 0.550. The Morgan fingerprint density at radius 2 is 1.94 bits per heavy atom. The standard InChI is InChI=1S/C11H11F3OS/c1-2-16-11(13,14)10(7-15-10)8-3-5-9(12)6-4-8/h3-6H,2,7H2,1H3. The molecule has 1 aliphatic heterocycles. The lowest BCUT2D eigenvalue weighted by atomic mass is 10.0. The van der Waals surface area contributed by atoms with Crippen LogP contribution in [0.15, 0.2) is 24.3 Å². The van der Waals surface area contributed by atoms with Crippen molar-refractivity contribution in [3.05, 3.63) is 35.6 Å². The summed E-state index contributed by atoms with van der Waals surface area (Å²) < 4.78 is 45.2. The van der Waals surface area contributed by atoms with Crippen molar-refractivity contribution in [1.82, 2.24) is 0 Å². The fraction of sp³-hybridized carbons (Fsp3) is 0.455. The number of alkyl halides is 2. The summed E-state index contributed by atoms with van der Waals surface area (Å²) in [4.78, 5) is 0. The number of halogens is 3. The van der Waals surface area contributed by atoms with Gasteiger partial charge in [-0.25, -0.2) is 4.39 Å². The number of ether oxygens (including phenoxy) is 1. The molecule has 0 bridgehead atoms. The zero-order valence-corrected chi connectivity index (χ0v) is 9.49. The average molecular weight is 248 g/mol. The van der Waals surface area contributed by atoms with Crippen LogP contribution in [-0.2, 0) is 10.3 Å². The van der Waals surface area contributed by atoms with Crippen LogP contribution in [0.25, 0.3) is 0 Å². The Morgan fingerprint density at radius 3 is 2.38 bits per heavy atom. The molecule has 1 heterocycles. The van der Waals surface area contributed by atoms with Crippen LogP contribution in [0, 0.1) is 5.82 Å². The van der Waals surface area contributed by atoms with Crippen molar-refractivity contribution in [3.8, 4) is 0 Å². The molecule has 0 amide bonds. The molecular formula is C11H11F3OS.